The average molecular weight is 325 g/mol. The Morgan fingerprint density at radius 1 is 1.17 bits per heavy atom. The Morgan fingerprint density at radius 3 is 2.62 bits per heavy atom. The second kappa shape index (κ2) is 6.37. The molecule has 0 aliphatic carbocycles. The highest BCUT2D eigenvalue weighted by Gasteiger charge is 2.22. The van der Waals surface area contributed by atoms with Crippen LogP contribution in [0, 0.1) is 0 Å². The molecule has 0 fully saturated rings. The summed E-state index contributed by atoms with van der Waals surface area (Å²) in [7, 11) is 1.51. The van der Waals surface area contributed by atoms with E-state index in [1.807, 2.05) is 30.3 Å². The third-order valence-corrected chi connectivity index (χ3v) is 3.46. The van der Waals surface area contributed by atoms with Gasteiger partial charge in [0.25, 0.3) is 5.91 Å². The Hall–Kier alpha value is -3.42. The molecule has 1 amide bonds. The number of carbonyl (C=O) groups is 2. The molecular formula is C16H15N5O3. The van der Waals surface area contributed by atoms with E-state index in [4.69, 9.17) is 5.11 Å². The molecule has 1 aromatic carbocycles. The minimum absolute atomic E-state index is 0.0155. The zero-order chi connectivity index (χ0) is 17.1. The van der Waals surface area contributed by atoms with Gasteiger partial charge in [-0.3, -0.25) is 14.2 Å². The number of aromatic carboxylic acids is 1. The summed E-state index contributed by atoms with van der Waals surface area (Å²) >= 11 is 0. The van der Waals surface area contributed by atoms with Gasteiger partial charge in [0.2, 0.25) is 0 Å². The fraction of sp³-hybridized carbons (Fsp3) is 0.125. The molecule has 0 aliphatic rings. The number of carbonyl (C=O) groups excluding carboxylic acids is 1. The van der Waals surface area contributed by atoms with Crippen molar-refractivity contribution in [3.05, 3.63) is 65.7 Å². The van der Waals surface area contributed by atoms with Crippen molar-refractivity contribution in [2.45, 2.75) is 6.54 Å². The maximum absolute atomic E-state index is 12.3. The van der Waals surface area contributed by atoms with Crippen LogP contribution < -0.4 is 5.32 Å². The topological polar surface area (TPSA) is 102 Å². The lowest BCUT2D eigenvalue weighted by Gasteiger charge is -2.04. The van der Waals surface area contributed by atoms with Gasteiger partial charge in [-0.15, -0.1) is 0 Å². The van der Waals surface area contributed by atoms with Gasteiger partial charge >= 0.3 is 5.97 Å². The van der Waals surface area contributed by atoms with Gasteiger partial charge in [-0.25, -0.2) is 4.79 Å². The van der Waals surface area contributed by atoms with Gasteiger partial charge in [-0.2, -0.15) is 10.2 Å². The molecule has 3 rings (SSSR count). The molecule has 8 heteroatoms. The van der Waals surface area contributed by atoms with E-state index >= 15 is 0 Å². The number of amides is 1. The summed E-state index contributed by atoms with van der Waals surface area (Å²) in [6.45, 7) is 0.572. The molecule has 0 atom stereocenters. The summed E-state index contributed by atoms with van der Waals surface area (Å²) in [5.74, 6) is -1.75. The van der Waals surface area contributed by atoms with Crippen molar-refractivity contribution < 1.29 is 14.7 Å². The SMILES string of the molecule is Cn1ncc(C(=O)O)c1C(=O)Nc1cnn(Cc2ccccc2)c1. The van der Waals surface area contributed by atoms with Crippen LogP contribution in [0.3, 0.4) is 0 Å². The van der Waals surface area contributed by atoms with E-state index < -0.39 is 11.9 Å². The third kappa shape index (κ3) is 3.17. The molecular weight excluding hydrogens is 310 g/mol. The molecule has 0 bridgehead atoms. The molecule has 0 spiro atoms. The number of rotatable bonds is 5. The van der Waals surface area contributed by atoms with E-state index in [1.165, 1.54) is 17.9 Å². The smallest absolute Gasteiger partial charge is 0.339 e. The molecule has 2 heterocycles. The molecule has 122 valence electrons. The van der Waals surface area contributed by atoms with Crippen molar-refractivity contribution in [3.63, 3.8) is 0 Å². The van der Waals surface area contributed by atoms with Crippen molar-refractivity contribution in [1.29, 1.82) is 0 Å². The van der Waals surface area contributed by atoms with Crippen LogP contribution in [-0.2, 0) is 13.6 Å². The number of aryl methyl sites for hydroxylation is 1. The van der Waals surface area contributed by atoms with Crippen molar-refractivity contribution in [2.24, 2.45) is 7.05 Å². The lowest BCUT2D eigenvalue weighted by Crippen LogP contribution is -2.19. The van der Waals surface area contributed by atoms with Crippen molar-refractivity contribution in [1.82, 2.24) is 19.6 Å². The first kappa shape index (κ1) is 15.5. The largest absolute Gasteiger partial charge is 0.478 e. The number of hydrogen-bond donors (Lipinski definition) is 2. The first-order chi connectivity index (χ1) is 11.5. The number of carboxylic acids is 1. The van der Waals surface area contributed by atoms with Gasteiger partial charge in [0.15, 0.2) is 0 Å². The van der Waals surface area contributed by atoms with E-state index in [9.17, 15) is 9.59 Å². The summed E-state index contributed by atoms with van der Waals surface area (Å²) in [6, 6.07) is 9.78. The number of carboxylic acid groups (broad SMARTS) is 1. The summed E-state index contributed by atoms with van der Waals surface area (Å²) < 4.78 is 2.92. The fourth-order valence-electron chi connectivity index (χ4n) is 2.34. The fourth-order valence-corrected chi connectivity index (χ4v) is 2.34. The summed E-state index contributed by atoms with van der Waals surface area (Å²) in [6.07, 6.45) is 4.34. The first-order valence-electron chi connectivity index (χ1n) is 7.17. The zero-order valence-corrected chi connectivity index (χ0v) is 12.9. The first-order valence-corrected chi connectivity index (χ1v) is 7.17. The minimum atomic E-state index is -1.20. The van der Waals surface area contributed by atoms with Gasteiger partial charge in [-0.1, -0.05) is 30.3 Å². The molecule has 0 unspecified atom stereocenters. The Kier molecular flexibility index (Phi) is 4.11. The maximum Gasteiger partial charge on any atom is 0.339 e. The summed E-state index contributed by atoms with van der Waals surface area (Å²) in [5, 5.41) is 19.8. The molecule has 8 nitrogen and oxygen atoms in total. The molecule has 24 heavy (non-hydrogen) atoms. The van der Waals surface area contributed by atoms with Crippen LogP contribution in [0.5, 0.6) is 0 Å². The Morgan fingerprint density at radius 2 is 1.92 bits per heavy atom. The van der Waals surface area contributed by atoms with Gasteiger partial charge in [0.1, 0.15) is 11.3 Å². The van der Waals surface area contributed by atoms with Gasteiger partial charge < -0.3 is 10.4 Å². The van der Waals surface area contributed by atoms with E-state index in [-0.39, 0.29) is 11.3 Å². The second-order valence-electron chi connectivity index (χ2n) is 5.20. The van der Waals surface area contributed by atoms with Crippen LogP contribution in [0.4, 0.5) is 5.69 Å². The standard InChI is InChI=1S/C16H15N5O3/c1-20-14(13(8-17-20)16(23)24)15(22)19-12-7-18-21(10-12)9-11-5-3-2-4-6-11/h2-8,10H,9H2,1H3,(H,19,22)(H,23,24). The summed E-state index contributed by atoms with van der Waals surface area (Å²) in [4.78, 5) is 23.5. The maximum atomic E-state index is 12.3. The van der Waals surface area contributed by atoms with Crippen LogP contribution in [0.1, 0.15) is 26.4 Å². The van der Waals surface area contributed by atoms with Crippen LogP contribution in [0.15, 0.2) is 48.9 Å². The Labute approximate surface area is 137 Å². The molecule has 0 radical (unpaired) electrons. The van der Waals surface area contributed by atoms with Crippen molar-refractivity contribution in [3.8, 4) is 0 Å². The van der Waals surface area contributed by atoms with E-state index in [2.05, 4.69) is 15.5 Å². The van der Waals surface area contributed by atoms with Crippen molar-refractivity contribution >= 4 is 17.6 Å². The Bertz CT molecular complexity index is 882. The third-order valence-electron chi connectivity index (χ3n) is 3.46. The highest BCUT2D eigenvalue weighted by atomic mass is 16.4. The van der Waals surface area contributed by atoms with Crippen LogP contribution in [0.25, 0.3) is 0 Å². The number of aromatic nitrogens is 4. The number of nitrogens with one attached hydrogen (secondary N) is 1. The molecule has 2 aromatic heterocycles. The number of hydrogen-bond acceptors (Lipinski definition) is 4. The average Bonchev–Trinajstić information content (AvgIpc) is 3.15. The number of anilines is 1. The van der Waals surface area contributed by atoms with Gasteiger partial charge in [0.05, 0.1) is 24.6 Å². The van der Waals surface area contributed by atoms with E-state index in [0.717, 1.165) is 11.8 Å². The predicted molar refractivity (Wildman–Crippen MR) is 85.9 cm³/mol. The van der Waals surface area contributed by atoms with Crippen LogP contribution in [-0.4, -0.2) is 36.5 Å². The van der Waals surface area contributed by atoms with Crippen molar-refractivity contribution in [2.75, 3.05) is 5.32 Å². The van der Waals surface area contributed by atoms with E-state index in [0.29, 0.717) is 12.2 Å². The highest BCUT2D eigenvalue weighted by molar-refractivity contribution is 6.09. The van der Waals surface area contributed by atoms with Gasteiger partial charge in [0, 0.05) is 13.2 Å². The second-order valence-corrected chi connectivity index (χ2v) is 5.20. The number of benzene rings is 1. The van der Waals surface area contributed by atoms with Crippen LogP contribution >= 0.6 is 0 Å². The normalized spacial score (nSPS) is 10.5. The summed E-state index contributed by atoms with van der Waals surface area (Å²) in [5.41, 5.74) is 1.40. The molecule has 3 aromatic rings. The number of nitrogens with zero attached hydrogens (tertiary/aromatic N) is 4. The van der Waals surface area contributed by atoms with Crippen LogP contribution in [0.2, 0.25) is 0 Å². The highest BCUT2D eigenvalue weighted by Crippen LogP contribution is 2.13. The monoisotopic (exact) mass is 325 g/mol. The molecule has 0 saturated carbocycles. The quantitative estimate of drug-likeness (QED) is 0.742. The van der Waals surface area contributed by atoms with Gasteiger partial charge in [-0.05, 0) is 5.56 Å². The lowest BCUT2D eigenvalue weighted by atomic mass is 10.2. The Balaban J connectivity index is 1.74. The predicted octanol–water partition coefficient (Wildman–Crippen LogP) is 1.62. The van der Waals surface area contributed by atoms with E-state index in [1.54, 1.807) is 10.9 Å². The molecule has 0 aliphatic heterocycles. The zero-order valence-electron chi connectivity index (χ0n) is 12.9. The molecule has 0 saturated heterocycles. The minimum Gasteiger partial charge on any atom is -0.478 e. The molecule has 2 N–H and O–H groups in total. The lowest BCUT2D eigenvalue weighted by molar-refractivity contribution is 0.0692.